The summed E-state index contributed by atoms with van der Waals surface area (Å²) in [6, 6.07) is 14.4. The third-order valence-corrected chi connectivity index (χ3v) is 5.63. The molecule has 1 aromatic heterocycles. The normalized spacial score (nSPS) is 17.4. The van der Waals surface area contributed by atoms with E-state index in [2.05, 4.69) is 15.8 Å². The fraction of sp³-hybridized carbons (Fsp3) is 0.208. The number of amides is 4. The van der Waals surface area contributed by atoms with Gasteiger partial charge in [-0.25, -0.2) is 14.3 Å². The molecular formula is C24H23N5O5. The van der Waals surface area contributed by atoms with Crippen LogP contribution in [0.25, 0.3) is 5.69 Å². The highest BCUT2D eigenvalue weighted by Crippen LogP contribution is 2.27. The Morgan fingerprint density at radius 1 is 1.09 bits per heavy atom. The molecule has 1 aliphatic rings. The van der Waals surface area contributed by atoms with E-state index in [4.69, 9.17) is 4.74 Å². The fourth-order valence-electron chi connectivity index (χ4n) is 3.71. The van der Waals surface area contributed by atoms with Crippen LogP contribution in [0.4, 0.5) is 4.79 Å². The molecule has 2 aromatic carbocycles. The summed E-state index contributed by atoms with van der Waals surface area (Å²) >= 11 is 0. The van der Waals surface area contributed by atoms with E-state index in [1.165, 1.54) is 18.3 Å². The van der Waals surface area contributed by atoms with Crippen molar-refractivity contribution in [3.8, 4) is 5.69 Å². The SMILES string of the molecule is CCOC(=O)c1cnn(-c2ccc(C(=O)NN3C(=O)NC(C)(c4ccccc4)C3=O)cc2)c1C. The third kappa shape index (κ3) is 3.90. The van der Waals surface area contributed by atoms with Crippen LogP contribution in [0.5, 0.6) is 0 Å². The second kappa shape index (κ2) is 8.81. The molecule has 4 amide bonds. The fourth-order valence-corrected chi connectivity index (χ4v) is 3.71. The molecule has 174 valence electrons. The van der Waals surface area contributed by atoms with Crippen LogP contribution in [0.1, 0.15) is 45.8 Å². The molecule has 1 saturated heterocycles. The van der Waals surface area contributed by atoms with Crippen molar-refractivity contribution in [2.24, 2.45) is 0 Å². The highest BCUT2D eigenvalue weighted by molar-refractivity contribution is 6.09. The first-order valence-electron chi connectivity index (χ1n) is 10.6. The lowest BCUT2D eigenvalue weighted by Gasteiger charge is -2.22. The van der Waals surface area contributed by atoms with E-state index in [0.29, 0.717) is 27.5 Å². The topological polar surface area (TPSA) is 123 Å². The van der Waals surface area contributed by atoms with Crippen molar-refractivity contribution < 1.29 is 23.9 Å². The van der Waals surface area contributed by atoms with Gasteiger partial charge in [0.25, 0.3) is 11.8 Å². The molecule has 3 aromatic rings. The van der Waals surface area contributed by atoms with Crippen LogP contribution < -0.4 is 10.7 Å². The van der Waals surface area contributed by atoms with E-state index in [9.17, 15) is 19.2 Å². The summed E-state index contributed by atoms with van der Waals surface area (Å²) in [5.41, 5.74) is 3.48. The van der Waals surface area contributed by atoms with E-state index in [1.54, 1.807) is 67.9 Å². The zero-order valence-corrected chi connectivity index (χ0v) is 18.9. The molecule has 1 aliphatic heterocycles. The molecule has 1 fully saturated rings. The number of rotatable bonds is 6. The van der Waals surface area contributed by atoms with Crippen LogP contribution in [-0.4, -0.2) is 45.2 Å². The molecule has 0 bridgehead atoms. The van der Waals surface area contributed by atoms with Crippen molar-refractivity contribution in [2.45, 2.75) is 26.3 Å². The van der Waals surface area contributed by atoms with Gasteiger partial charge in [-0.05, 0) is 50.6 Å². The molecule has 10 heteroatoms. The van der Waals surface area contributed by atoms with Gasteiger partial charge in [0.2, 0.25) is 0 Å². The minimum Gasteiger partial charge on any atom is -0.462 e. The largest absolute Gasteiger partial charge is 0.462 e. The molecule has 0 saturated carbocycles. The van der Waals surface area contributed by atoms with Crippen LogP contribution in [0, 0.1) is 6.92 Å². The summed E-state index contributed by atoms with van der Waals surface area (Å²) in [6.07, 6.45) is 1.43. The van der Waals surface area contributed by atoms with Crippen molar-refractivity contribution in [1.82, 2.24) is 25.5 Å². The average Bonchev–Trinajstić information content (AvgIpc) is 3.33. The van der Waals surface area contributed by atoms with Gasteiger partial charge in [-0.1, -0.05) is 30.3 Å². The van der Waals surface area contributed by atoms with Crippen LogP contribution >= 0.6 is 0 Å². The van der Waals surface area contributed by atoms with Gasteiger partial charge in [0, 0.05) is 5.56 Å². The lowest BCUT2D eigenvalue weighted by molar-refractivity contribution is -0.132. The highest BCUT2D eigenvalue weighted by Gasteiger charge is 2.50. The van der Waals surface area contributed by atoms with Crippen molar-refractivity contribution in [3.05, 3.63) is 83.2 Å². The molecule has 2 N–H and O–H groups in total. The van der Waals surface area contributed by atoms with Crippen molar-refractivity contribution >= 4 is 23.8 Å². The monoisotopic (exact) mass is 461 g/mol. The molecular weight excluding hydrogens is 438 g/mol. The molecule has 4 rings (SSSR count). The third-order valence-electron chi connectivity index (χ3n) is 5.63. The Kier molecular flexibility index (Phi) is 5.89. The second-order valence-electron chi connectivity index (χ2n) is 7.83. The summed E-state index contributed by atoms with van der Waals surface area (Å²) < 4.78 is 6.57. The van der Waals surface area contributed by atoms with E-state index in [0.717, 1.165) is 0 Å². The van der Waals surface area contributed by atoms with Crippen LogP contribution in [0.2, 0.25) is 0 Å². The van der Waals surface area contributed by atoms with E-state index in [1.807, 2.05) is 0 Å². The van der Waals surface area contributed by atoms with Gasteiger partial charge in [0.1, 0.15) is 11.1 Å². The Morgan fingerprint density at radius 3 is 2.41 bits per heavy atom. The van der Waals surface area contributed by atoms with Crippen LogP contribution in [0.15, 0.2) is 60.8 Å². The molecule has 0 radical (unpaired) electrons. The Labute approximate surface area is 195 Å². The van der Waals surface area contributed by atoms with Gasteiger partial charge in [-0.3, -0.25) is 15.0 Å². The zero-order chi connectivity index (χ0) is 24.5. The smallest absolute Gasteiger partial charge is 0.344 e. The first-order valence-corrected chi connectivity index (χ1v) is 10.6. The maximum Gasteiger partial charge on any atom is 0.344 e. The van der Waals surface area contributed by atoms with Gasteiger partial charge in [0.05, 0.1) is 24.2 Å². The first kappa shape index (κ1) is 22.7. The van der Waals surface area contributed by atoms with E-state index in [-0.39, 0.29) is 12.2 Å². The summed E-state index contributed by atoms with van der Waals surface area (Å²) in [7, 11) is 0. The number of imide groups is 1. The Morgan fingerprint density at radius 2 is 1.76 bits per heavy atom. The zero-order valence-electron chi connectivity index (χ0n) is 18.9. The van der Waals surface area contributed by atoms with Crippen molar-refractivity contribution in [2.75, 3.05) is 6.61 Å². The van der Waals surface area contributed by atoms with Gasteiger partial charge in [-0.2, -0.15) is 10.1 Å². The quantitative estimate of drug-likeness (QED) is 0.430. The van der Waals surface area contributed by atoms with Gasteiger partial charge in [0.15, 0.2) is 0 Å². The van der Waals surface area contributed by atoms with Gasteiger partial charge >= 0.3 is 12.0 Å². The maximum atomic E-state index is 13.0. The number of benzene rings is 2. The van der Waals surface area contributed by atoms with Crippen molar-refractivity contribution in [3.63, 3.8) is 0 Å². The summed E-state index contributed by atoms with van der Waals surface area (Å²) in [5.74, 6) is -1.68. The maximum absolute atomic E-state index is 13.0. The molecule has 0 spiro atoms. The molecule has 34 heavy (non-hydrogen) atoms. The van der Waals surface area contributed by atoms with Crippen molar-refractivity contribution in [1.29, 1.82) is 0 Å². The lowest BCUT2D eigenvalue weighted by atomic mass is 9.92. The molecule has 0 aliphatic carbocycles. The molecule has 2 heterocycles. The minimum atomic E-state index is -1.29. The molecule has 10 nitrogen and oxygen atoms in total. The molecule has 1 atom stereocenters. The van der Waals surface area contributed by atoms with Gasteiger partial charge in [-0.15, -0.1) is 0 Å². The number of carbonyl (C=O) groups is 4. The Hall–Kier alpha value is -4.47. The number of esters is 1. The second-order valence-corrected chi connectivity index (χ2v) is 7.83. The number of nitrogens with one attached hydrogen (secondary N) is 2. The predicted octanol–water partition coefficient (Wildman–Crippen LogP) is 2.47. The number of urea groups is 1. The summed E-state index contributed by atoms with van der Waals surface area (Å²) in [4.78, 5) is 50.2. The average molecular weight is 461 g/mol. The number of hydrogen-bond donors (Lipinski definition) is 2. The predicted molar refractivity (Wildman–Crippen MR) is 121 cm³/mol. The minimum absolute atomic E-state index is 0.230. The summed E-state index contributed by atoms with van der Waals surface area (Å²) in [6.45, 7) is 5.31. The van der Waals surface area contributed by atoms with Crippen LogP contribution in [-0.2, 0) is 15.1 Å². The summed E-state index contributed by atoms with van der Waals surface area (Å²) in [5, 5.41) is 7.54. The molecule has 1 unspecified atom stereocenters. The number of hydrazine groups is 1. The number of hydrogen-bond acceptors (Lipinski definition) is 6. The number of aromatic nitrogens is 2. The lowest BCUT2D eigenvalue weighted by Crippen LogP contribution is -2.47. The van der Waals surface area contributed by atoms with Crippen LogP contribution in [0.3, 0.4) is 0 Å². The Bertz CT molecular complexity index is 1270. The highest BCUT2D eigenvalue weighted by atomic mass is 16.5. The van der Waals surface area contributed by atoms with Gasteiger partial charge < -0.3 is 10.1 Å². The van der Waals surface area contributed by atoms with E-state index < -0.39 is 29.4 Å². The Balaban J connectivity index is 1.49. The number of nitrogens with zero attached hydrogens (tertiary/aromatic N) is 3. The first-order chi connectivity index (χ1) is 16.3. The van der Waals surface area contributed by atoms with E-state index >= 15 is 0 Å². The standard InChI is InChI=1S/C24H23N5O5/c1-4-34-21(31)19-14-25-28(15(19)2)18-12-10-16(11-13-18)20(30)27-29-22(32)24(3,26-23(29)33)17-8-6-5-7-9-17/h5-14H,4H2,1-3H3,(H,26,33)(H,27,30). The number of ether oxygens (including phenoxy) is 1. The number of carbonyl (C=O) groups excluding carboxylic acids is 4.